The lowest BCUT2D eigenvalue weighted by molar-refractivity contribution is 0.362. The second kappa shape index (κ2) is 3.28. The Hall–Kier alpha value is 0.250. The van der Waals surface area contributed by atoms with E-state index in [0.717, 1.165) is 6.04 Å². The first-order valence-corrected chi connectivity index (χ1v) is 2.67. The molecule has 1 N–H and O–H groups in total. The molecule has 0 aliphatic carbocycles. The van der Waals surface area contributed by atoms with Crippen molar-refractivity contribution in [3.63, 3.8) is 0 Å². The summed E-state index contributed by atoms with van der Waals surface area (Å²) in [6, 6.07) is 0.866. The van der Waals surface area contributed by atoms with Gasteiger partial charge in [0.15, 0.2) is 0 Å². The minimum atomic E-state index is 0. The predicted octanol–water partition coefficient (Wildman–Crippen LogP) is 1.18. The third-order valence-corrected chi connectivity index (χ3v) is 1.42. The van der Waals surface area contributed by atoms with Crippen LogP contribution >= 0.6 is 12.4 Å². The molecule has 1 saturated heterocycles. The minimum Gasteiger partial charge on any atom is -0.314 e. The molecule has 0 aromatic carbocycles. The highest BCUT2D eigenvalue weighted by molar-refractivity contribution is 5.85. The van der Waals surface area contributed by atoms with E-state index in [9.17, 15) is 0 Å². The lowest BCUT2D eigenvalue weighted by Crippen LogP contribution is -2.41. The molecule has 7 heavy (non-hydrogen) atoms. The van der Waals surface area contributed by atoms with Crippen LogP contribution in [-0.2, 0) is 0 Å². The summed E-state index contributed by atoms with van der Waals surface area (Å²) in [5.41, 5.74) is 0. The Balaban J connectivity index is 0.000000360. The first-order chi connectivity index (χ1) is 2.93. The molecule has 0 spiro atoms. The van der Waals surface area contributed by atoms with Crippen molar-refractivity contribution in [2.75, 3.05) is 6.54 Å². The van der Waals surface area contributed by atoms with Gasteiger partial charge in [0.2, 0.25) is 0 Å². The van der Waals surface area contributed by atoms with Crippen LogP contribution in [0.3, 0.4) is 0 Å². The summed E-state index contributed by atoms with van der Waals surface area (Å²) < 4.78 is 0. The summed E-state index contributed by atoms with van der Waals surface area (Å²) in [7, 11) is 0. The summed E-state index contributed by atoms with van der Waals surface area (Å²) in [5.74, 6) is 0. The van der Waals surface area contributed by atoms with Gasteiger partial charge in [-0.1, -0.05) is 6.92 Å². The largest absolute Gasteiger partial charge is 0.314 e. The molecule has 0 amide bonds. The van der Waals surface area contributed by atoms with E-state index < -0.39 is 0 Å². The van der Waals surface area contributed by atoms with Crippen molar-refractivity contribution in [2.45, 2.75) is 25.8 Å². The van der Waals surface area contributed by atoms with E-state index in [0.29, 0.717) is 0 Å². The third-order valence-electron chi connectivity index (χ3n) is 1.42. The van der Waals surface area contributed by atoms with Crippen LogP contribution < -0.4 is 5.32 Å². The maximum Gasteiger partial charge on any atom is 0.00765 e. The van der Waals surface area contributed by atoms with E-state index >= 15 is 0 Å². The van der Waals surface area contributed by atoms with Gasteiger partial charge < -0.3 is 5.32 Å². The fraction of sp³-hybridized carbons (Fsp3) is 1.00. The van der Waals surface area contributed by atoms with E-state index in [4.69, 9.17) is 0 Å². The van der Waals surface area contributed by atoms with Gasteiger partial charge in [-0.05, 0) is 19.4 Å². The van der Waals surface area contributed by atoms with Crippen molar-refractivity contribution in [1.82, 2.24) is 5.32 Å². The van der Waals surface area contributed by atoms with Gasteiger partial charge in [-0.3, -0.25) is 0 Å². The zero-order valence-electron chi connectivity index (χ0n) is 4.61. The fourth-order valence-electron chi connectivity index (χ4n) is 0.697. The van der Waals surface area contributed by atoms with Crippen LogP contribution in [-0.4, -0.2) is 12.6 Å². The van der Waals surface area contributed by atoms with Gasteiger partial charge in [-0.15, -0.1) is 12.4 Å². The molecule has 1 aliphatic heterocycles. The molecule has 1 unspecified atom stereocenters. The lowest BCUT2D eigenvalue weighted by Gasteiger charge is -2.25. The summed E-state index contributed by atoms with van der Waals surface area (Å²) in [6.07, 6.45) is 2.70. The van der Waals surface area contributed by atoms with Gasteiger partial charge in [-0.25, -0.2) is 0 Å². The molecule has 1 aliphatic rings. The molecule has 1 heterocycles. The highest BCUT2D eigenvalue weighted by atomic mass is 35.5. The van der Waals surface area contributed by atoms with Crippen LogP contribution in [0.1, 0.15) is 19.8 Å². The van der Waals surface area contributed by atoms with Crippen LogP contribution in [0.15, 0.2) is 0 Å². The SMILES string of the molecule is CCC1CCN1.Cl. The van der Waals surface area contributed by atoms with Crippen LogP contribution in [0.4, 0.5) is 0 Å². The number of nitrogens with one attached hydrogen (secondary N) is 1. The molecule has 2 heteroatoms. The fourth-order valence-corrected chi connectivity index (χ4v) is 0.697. The second-order valence-corrected chi connectivity index (χ2v) is 1.85. The molecular formula is C5H12ClN. The van der Waals surface area contributed by atoms with E-state index in [1.54, 1.807) is 0 Å². The molecule has 0 aromatic rings. The highest BCUT2D eigenvalue weighted by Gasteiger charge is 2.11. The van der Waals surface area contributed by atoms with Crippen molar-refractivity contribution in [1.29, 1.82) is 0 Å². The average molecular weight is 122 g/mol. The summed E-state index contributed by atoms with van der Waals surface area (Å²) in [5, 5.41) is 3.30. The van der Waals surface area contributed by atoms with Crippen LogP contribution in [0.2, 0.25) is 0 Å². The molecule has 0 bridgehead atoms. The molecular weight excluding hydrogens is 110 g/mol. The van der Waals surface area contributed by atoms with Crippen molar-refractivity contribution in [2.24, 2.45) is 0 Å². The summed E-state index contributed by atoms with van der Waals surface area (Å²) in [4.78, 5) is 0. The van der Waals surface area contributed by atoms with Crippen molar-refractivity contribution in [3.8, 4) is 0 Å². The van der Waals surface area contributed by atoms with Crippen LogP contribution in [0.25, 0.3) is 0 Å². The summed E-state index contributed by atoms with van der Waals surface area (Å²) >= 11 is 0. The van der Waals surface area contributed by atoms with E-state index in [1.807, 2.05) is 0 Å². The molecule has 0 radical (unpaired) electrons. The highest BCUT2D eigenvalue weighted by Crippen LogP contribution is 2.03. The molecule has 0 saturated carbocycles. The van der Waals surface area contributed by atoms with Crippen LogP contribution in [0, 0.1) is 0 Å². The number of halogens is 1. The zero-order valence-corrected chi connectivity index (χ0v) is 5.42. The quantitative estimate of drug-likeness (QED) is 0.550. The van der Waals surface area contributed by atoms with Crippen molar-refractivity contribution >= 4 is 12.4 Å². The average Bonchev–Trinajstić information content (AvgIpc) is 1.31. The Labute approximate surface area is 50.9 Å². The van der Waals surface area contributed by atoms with Crippen LogP contribution in [0.5, 0.6) is 0 Å². The van der Waals surface area contributed by atoms with Gasteiger partial charge in [0.1, 0.15) is 0 Å². The Morgan fingerprint density at radius 3 is 2.29 bits per heavy atom. The molecule has 0 aromatic heterocycles. The van der Waals surface area contributed by atoms with Crippen molar-refractivity contribution < 1.29 is 0 Å². The Bertz CT molecular complexity index is 40.6. The summed E-state index contributed by atoms with van der Waals surface area (Å²) in [6.45, 7) is 3.47. The lowest BCUT2D eigenvalue weighted by atomic mass is 10.1. The number of rotatable bonds is 1. The standard InChI is InChI=1S/C5H11N.ClH/c1-2-5-3-4-6-5;/h5-6H,2-4H2,1H3;1H. The van der Waals surface area contributed by atoms with Gasteiger partial charge in [0, 0.05) is 6.04 Å². The van der Waals surface area contributed by atoms with Gasteiger partial charge >= 0.3 is 0 Å². The van der Waals surface area contributed by atoms with Gasteiger partial charge in [0.05, 0.1) is 0 Å². The van der Waals surface area contributed by atoms with E-state index in [-0.39, 0.29) is 12.4 Å². The zero-order chi connectivity index (χ0) is 4.41. The first-order valence-electron chi connectivity index (χ1n) is 2.67. The topological polar surface area (TPSA) is 12.0 Å². The first kappa shape index (κ1) is 7.25. The molecule has 44 valence electrons. The smallest absolute Gasteiger partial charge is 0.00765 e. The van der Waals surface area contributed by atoms with Crippen molar-refractivity contribution in [3.05, 3.63) is 0 Å². The molecule has 1 atom stereocenters. The minimum absolute atomic E-state index is 0. The molecule has 1 fully saturated rings. The molecule has 1 nitrogen and oxygen atoms in total. The second-order valence-electron chi connectivity index (χ2n) is 1.85. The number of hydrogen-bond acceptors (Lipinski definition) is 1. The van der Waals surface area contributed by atoms with Gasteiger partial charge in [-0.2, -0.15) is 0 Å². The number of hydrogen-bond donors (Lipinski definition) is 1. The predicted molar refractivity (Wildman–Crippen MR) is 33.9 cm³/mol. The normalized spacial score (nSPS) is 27.9. The van der Waals surface area contributed by atoms with E-state index in [1.165, 1.54) is 19.4 Å². The Morgan fingerprint density at radius 2 is 2.29 bits per heavy atom. The maximum atomic E-state index is 3.30. The monoisotopic (exact) mass is 121 g/mol. The maximum absolute atomic E-state index is 3.30. The third kappa shape index (κ3) is 1.66. The Morgan fingerprint density at radius 1 is 1.71 bits per heavy atom. The van der Waals surface area contributed by atoms with Gasteiger partial charge in [0.25, 0.3) is 0 Å². The Kier molecular flexibility index (Phi) is 3.39. The van der Waals surface area contributed by atoms with E-state index in [2.05, 4.69) is 12.2 Å². The molecule has 1 rings (SSSR count).